The number of halogens is 1. The number of benzene rings is 3. The molecule has 1 aliphatic heterocycles. The molecule has 3 aromatic carbocycles. The van der Waals surface area contributed by atoms with E-state index in [4.69, 9.17) is 16.3 Å². The monoisotopic (exact) mass is 461 g/mol. The molecule has 4 rings (SSSR count). The van der Waals surface area contributed by atoms with Gasteiger partial charge >= 0.3 is 0 Å². The molecule has 3 aromatic rings. The van der Waals surface area contributed by atoms with Crippen molar-refractivity contribution < 1.29 is 9.84 Å². The summed E-state index contributed by atoms with van der Waals surface area (Å²) in [4.78, 5) is 2.49. The van der Waals surface area contributed by atoms with Crippen LogP contribution in [0.1, 0.15) is 42.4 Å². The number of rotatable bonds is 9. The van der Waals surface area contributed by atoms with Crippen molar-refractivity contribution >= 4 is 22.7 Å². The Hall–Kier alpha value is -2.59. The third-order valence-electron chi connectivity index (χ3n) is 6.19. The maximum absolute atomic E-state index is 9.88. The number of hydrogen-bond donors (Lipinski definition) is 1. The Bertz CT molecular complexity index is 1040. The Balaban J connectivity index is 1.62. The van der Waals surface area contributed by atoms with Gasteiger partial charge in [0.15, 0.2) is 0 Å². The molecule has 1 heterocycles. The van der Waals surface area contributed by atoms with Gasteiger partial charge in [-0.3, -0.25) is 4.90 Å². The van der Waals surface area contributed by atoms with Gasteiger partial charge in [-0.1, -0.05) is 78.7 Å². The van der Waals surface area contributed by atoms with Gasteiger partial charge in [-0.05, 0) is 78.4 Å². The van der Waals surface area contributed by atoms with Gasteiger partial charge in [0.25, 0.3) is 0 Å². The lowest BCUT2D eigenvalue weighted by atomic mass is 9.88. The topological polar surface area (TPSA) is 32.7 Å². The summed E-state index contributed by atoms with van der Waals surface area (Å²) in [5.41, 5.74) is 5.24. The van der Waals surface area contributed by atoms with Crippen LogP contribution in [0.2, 0.25) is 5.02 Å². The fraction of sp³-hybridized carbons (Fsp3) is 0.310. The van der Waals surface area contributed by atoms with Crippen LogP contribution in [0, 0.1) is 0 Å². The zero-order valence-corrected chi connectivity index (χ0v) is 19.8. The molecule has 3 nitrogen and oxygen atoms in total. The SMILES string of the molecule is OCC/C(=C(\c1ccccc1)c1ccc(OCCN2CCCCC2)cc1)c1ccccc1Cl. The Labute approximate surface area is 202 Å². The van der Waals surface area contributed by atoms with Crippen molar-refractivity contribution in [2.24, 2.45) is 0 Å². The van der Waals surface area contributed by atoms with Crippen LogP contribution in [0.4, 0.5) is 0 Å². The number of nitrogens with zero attached hydrogens (tertiary/aromatic N) is 1. The van der Waals surface area contributed by atoms with Gasteiger partial charge in [-0.2, -0.15) is 0 Å². The first kappa shape index (κ1) is 23.6. The fourth-order valence-electron chi connectivity index (χ4n) is 4.53. The Kier molecular flexibility index (Phi) is 8.59. The normalized spacial score (nSPS) is 15.2. The van der Waals surface area contributed by atoms with E-state index in [2.05, 4.69) is 29.2 Å². The molecule has 1 saturated heterocycles. The molecule has 33 heavy (non-hydrogen) atoms. The highest BCUT2D eigenvalue weighted by Gasteiger charge is 2.16. The zero-order chi connectivity index (χ0) is 22.9. The van der Waals surface area contributed by atoms with Gasteiger partial charge in [0.2, 0.25) is 0 Å². The second-order valence-corrected chi connectivity index (χ2v) is 8.86. The molecule has 0 atom stereocenters. The van der Waals surface area contributed by atoms with E-state index in [1.54, 1.807) is 0 Å². The van der Waals surface area contributed by atoms with E-state index in [-0.39, 0.29) is 6.61 Å². The first-order chi connectivity index (χ1) is 16.3. The quantitative estimate of drug-likeness (QED) is 0.367. The molecular formula is C29H32ClNO2. The van der Waals surface area contributed by atoms with Gasteiger partial charge in [0.05, 0.1) is 0 Å². The molecule has 1 aliphatic rings. The fourth-order valence-corrected chi connectivity index (χ4v) is 4.78. The van der Waals surface area contributed by atoms with Crippen molar-refractivity contribution in [1.29, 1.82) is 0 Å². The van der Waals surface area contributed by atoms with Crippen molar-refractivity contribution in [2.45, 2.75) is 25.7 Å². The number of aliphatic hydroxyl groups is 1. The van der Waals surface area contributed by atoms with E-state index < -0.39 is 0 Å². The Morgan fingerprint density at radius 3 is 2.18 bits per heavy atom. The first-order valence-corrected chi connectivity index (χ1v) is 12.2. The molecule has 0 aliphatic carbocycles. The van der Waals surface area contributed by atoms with Gasteiger partial charge in [-0.15, -0.1) is 0 Å². The van der Waals surface area contributed by atoms with Crippen LogP contribution in [0.25, 0.3) is 11.1 Å². The molecule has 0 amide bonds. The predicted octanol–water partition coefficient (Wildman–Crippen LogP) is 6.55. The van der Waals surface area contributed by atoms with Crippen molar-refractivity contribution in [2.75, 3.05) is 32.8 Å². The summed E-state index contributed by atoms with van der Waals surface area (Å²) in [7, 11) is 0. The molecule has 1 fully saturated rings. The van der Waals surface area contributed by atoms with Crippen LogP contribution in [0.15, 0.2) is 78.9 Å². The maximum Gasteiger partial charge on any atom is 0.119 e. The molecule has 1 N–H and O–H groups in total. The van der Waals surface area contributed by atoms with E-state index in [0.29, 0.717) is 18.1 Å². The zero-order valence-electron chi connectivity index (χ0n) is 19.1. The Morgan fingerprint density at radius 2 is 1.48 bits per heavy atom. The number of piperidine rings is 1. The average molecular weight is 462 g/mol. The largest absolute Gasteiger partial charge is 0.492 e. The van der Waals surface area contributed by atoms with Gasteiger partial charge in [-0.25, -0.2) is 0 Å². The van der Waals surface area contributed by atoms with E-state index in [1.165, 1.54) is 32.4 Å². The number of ether oxygens (including phenoxy) is 1. The second kappa shape index (κ2) is 12.0. The van der Waals surface area contributed by atoms with Crippen LogP contribution in [-0.2, 0) is 0 Å². The lowest BCUT2D eigenvalue weighted by Gasteiger charge is -2.26. The van der Waals surface area contributed by atoms with E-state index in [0.717, 1.165) is 40.1 Å². The minimum absolute atomic E-state index is 0.0502. The van der Waals surface area contributed by atoms with Crippen molar-refractivity contribution in [3.63, 3.8) is 0 Å². The Morgan fingerprint density at radius 1 is 0.818 bits per heavy atom. The minimum atomic E-state index is 0.0502. The van der Waals surface area contributed by atoms with E-state index in [9.17, 15) is 5.11 Å². The summed E-state index contributed by atoms with van der Waals surface area (Å²) in [6.07, 6.45) is 4.46. The third-order valence-corrected chi connectivity index (χ3v) is 6.52. The highest BCUT2D eigenvalue weighted by atomic mass is 35.5. The van der Waals surface area contributed by atoms with E-state index in [1.807, 2.05) is 54.6 Å². The van der Waals surface area contributed by atoms with Gasteiger partial charge < -0.3 is 9.84 Å². The van der Waals surface area contributed by atoms with Crippen molar-refractivity contribution in [1.82, 2.24) is 4.90 Å². The lowest BCUT2D eigenvalue weighted by molar-refractivity contribution is 0.183. The van der Waals surface area contributed by atoms with Crippen LogP contribution in [0.3, 0.4) is 0 Å². The predicted molar refractivity (Wildman–Crippen MR) is 138 cm³/mol. The van der Waals surface area contributed by atoms with Crippen LogP contribution >= 0.6 is 11.6 Å². The second-order valence-electron chi connectivity index (χ2n) is 8.45. The minimum Gasteiger partial charge on any atom is -0.492 e. The summed E-state index contributed by atoms with van der Waals surface area (Å²) in [6.45, 7) is 4.10. The van der Waals surface area contributed by atoms with Crippen molar-refractivity contribution in [3.05, 3.63) is 101 Å². The molecule has 4 heteroatoms. The summed E-state index contributed by atoms with van der Waals surface area (Å²) in [5.74, 6) is 0.879. The summed E-state index contributed by atoms with van der Waals surface area (Å²) >= 11 is 6.58. The van der Waals surface area contributed by atoms with E-state index >= 15 is 0 Å². The highest BCUT2D eigenvalue weighted by molar-refractivity contribution is 6.32. The summed E-state index contributed by atoms with van der Waals surface area (Å²) in [5, 5.41) is 10.6. The summed E-state index contributed by atoms with van der Waals surface area (Å²) in [6, 6.07) is 26.4. The van der Waals surface area contributed by atoms with Crippen molar-refractivity contribution in [3.8, 4) is 5.75 Å². The van der Waals surface area contributed by atoms with Gasteiger partial charge in [0, 0.05) is 18.2 Å². The third kappa shape index (κ3) is 6.26. The summed E-state index contributed by atoms with van der Waals surface area (Å²) < 4.78 is 6.04. The molecular weight excluding hydrogens is 430 g/mol. The number of likely N-dealkylation sites (tertiary alicyclic amines) is 1. The molecule has 0 radical (unpaired) electrons. The number of hydrogen-bond acceptors (Lipinski definition) is 3. The molecule has 0 aromatic heterocycles. The van der Waals surface area contributed by atoms with Crippen LogP contribution in [-0.4, -0.2) is 42.9 Å². The van der Waals surface area contributed by atoms with Crippen LogP contribution < -0.4 is 4.74 Å². The molecule has 0 unspecified atom stereocenters. The molecule has 0 bridgehead atoms. The standard InChI is InChI=1S/C29H32ClNO2/c30-28-12-6-5-11-26(28)27(17-21-32)29(23-9-3-1-4-10-23)24-13-15-25(16-14-24)33-22-20-31-18-7-2-8-19-31/h1,3-6,9-16,32H,2,7-8,17-22H2/b29-27-. The highest BCUT2D eigenvalue weighted by Crippen LogP contribution is 2.37. The first-order valence-electron chi connectivity index (χ1n) is 11.9. The molecule has 172 valence electrons. The molecule has 0 spiro atoms. The van der Waals surface area contributed by atoms with Crippen LogP contribution in [0.5, 0.6) is 5.75 Å². The van der Waals surface area contributed by atoms with Gasteiger partial charge in [0.1, 0.15) is 12.4 Å². The molecule has 0 saturated carbocycles. The maximum atomic E-state index is 9.88. The smallest absolute Gasteiger partial charge is 0.119 e. The number of aliphatic hydroxyl groups excluding tert-OH is 1. The lowest BCUT2D eigenvalue weighted by Crippen LogP contribution is -2.33. The average Bonchev–Trinajstić information content (AvgIpc) is 2.86.